The minimum atomic E-state index is -2.76. The highest BCUT2D eigenvalue weighted by Crippen LogP contribution is 2.39. The van der Waals surface area contributed by atoms with Crippen molar-refractivity contribution in [1.29, 1.82) is 0 Å². The zero-order valence-electron chi connectivity index (χ0n) is 24.9. The smallest absolute Gasteiger partial charge is 0.253 e. The van der Waals surface area contributed by atoms with Crippen LogP contribution in [0.4, 0.5) is 23.4 Å². The number of amides is 1. The van der Waals surface area contributed by atoms with E-state index in [1.165, 1.54) is 17.0 Å². The van der Waals surface area contributed by atoms with Crippen LogP contribution in [0.1, 0.15) is 40.9 Å². The number of fused-ring (bicyclic) bond motifs is 1. The third-order valence-electron chi connectivity index (χ3n) is 8.10. The van der Waals surface area contributed by atoms with Gasteiger partial charge in [-0.15, -0.1) is 0 Å². The van der Waals surface area contributed by atoms with Crippen LogP contribution in [0.25, 0.3) is 39.3 Å². The minimum absolute atomic E-state index is 0.0222. The molecule has 0 unspecified atom stereocenters. The molecule has 47 heavy (non-hydrogen) atoms. The van der Waals surface area contributed by atoms with E-state index < -0.39 is 17.6 Å². The van der Waals surface area contributed by atoms with Crippen LogP contribution in [-0.4, -0.2) is 40.6 Å². The van der Waals surface area contributed by atoms with Gasteiger partial charge in [0.1, 0.15) is 28.8 Å². The molecule has 240 valence electrons. The number of hydrogen-bond acceptors (Lipinski definition) is 5. The number of aromatic nitrogens is 1. The Kier molecular flexibility index (Phi) is 8.88. The molecule has 6 rings (SSSR count). The number of ketones is 1. The number of pyridine rings is 1. The van der Waals surface area contributed by atoms with Gasteiger partial charge in [0.25, 0.3) is 11.8 Å². The summed E-state index contributed by atoms with van der Waals surface area (Å²) in [6.45, 7) is -0.0473. The first-order valence-corrected chi connectivity index (χ1v) is 15.2. The van der Waals surface area contributed by atoms with E-state index in [1.807, 2.05) is 6.07 Å². The lowest BCUT2D eigenvalue weighted by molar-refractivity contribution is -0.114. The van der Waals surface area contributed by atoms with Crippen molar-refractivity contribution in [3.8, 4) is 22.3 Å². The molecule has 1 fully saturated rings. The fraction of sp³-hybridized carbons (Fsp3) is 0.194. The summed E-state index contributed by atoms with van der Waals surface area (Å²) in [5, 5.41) is 0.344. The van der Waals surface area contributed by atoms with E-state index in [1.54, 1.807) is 60.8 Å². The third kappa shape index (κ3) is 7.23. The van der Waals surface area contributed by atoms with Crippen LogP contribution in [-0.2, 0) is 11.2 Å². The minimum Gasteiger partial charge on any atom is -0.460 e. The van der Waals surface area contributed by atoms with Gasteiger partial charge < -0.3 is 15.1 Å². The molecule has 11 heteroatoms. The first-order valence-electron chi connectivity index (χ1n) is 14.9. The van der Waals surface area contributed by atoms with Gasteiger partial charge >= 0.3 is 0 Å². The van der Waals surface area contributed by atoms with Gasteiger partial charge in [-0.05, 0) is 77.4 Å². The Hall–Kier alpha value is -4.96. The molecule has 0 bridgehead atoms. The number of hydrogen-bond donors (Lipinski definition) is 1. The second kappa shape index (κ2) is 13.0. The Morgan fingerprint density at radius 2 is 1.68 bits per heavy atom. The molecule has 6 nitrogen and oxygen atoms in total. The van der Waals surface area contributed by atoms with E-state index in [9.17, 15) is 22.8 Å². The Bertz CT molecular complexity index is 2000. The number of carbonyl (C=O) groups is 2. The van der Waals surface area contributed by atoms with Crippen molar-refractivity contribution in [2.45, 2.75) is 31.6 Å². The number of nitrogens with two attached hydrogens (primary N) is 1. The van der Waals surface area contributed by atoms with Gasteiger partial charge in [-0.1, -0.05) is 23.7 Å². The SMILES string of the molecule is Nc1ccc(/C=C/C(=O)CCc2cc3cc(-c4ccc(C(=O)N5CCC(F)(F)CC5)cc4)cc(-c4cc(Cl)c(F)cc4F)c3o2)cn1. The number of likely N-dealkylation sites (tertiary alicyclic amines) is 1. The second-order valence-corrected chi connectivity index (χ2v) is 11.8. The highest BCUT2D eigenvalue weighted by atomic mass is 35.5. The van der Waals surface area contributed by atoms with Crippen molar-refractivity contribution < 1.29 is 31.6 Å². The topological polar surface area (TPSA) is 89.4 Å². The third-order valence-corrected chi connectivity index (χ3v) is 8.39. The molecule has 5 aromatic rings. The van der Waals surface area contributed by atoms with E-state index in [0.29, 0.717) is 50.9 Å². The van der Waals surface area contributed by atoms with Crippen molar-refractivity contribution in [3.05, 3.63) is 113 Å². The number of aryl methyl sites for hydroxylation is 1. The molecule has 2 N–H and O–H groups in total. The fourth-order valence-corrected chi connectivity index (χ4v) is 5.65. The standard InChI is InChI=1S/C36H28ClF4N3O3/c37-30-18-28(31(38)19-32(30)39)29-17-24(22-3-5-23(6-4-22)35(46)44-13-11-36(40,41)12-14-44)15-25-16-27(47-34(25)29)9-8-26(45)7-1-21-2-10-33(42)43-20-21/h1-7,10,15-20H,8-9,11-14H2,(H2,42,43)/b7-1+. The second-order valence-electron chi connectivity index (χ2n) is 11.4. The van der Waals surface area contributed by atoms with Gasteiger partial charge in [-0.25, -0.2) is 22.5 Å². The molecule has 0 saturated carbocycles. The summed E-state index contributed by atoms with van der Waals surface area (Å²) >= 11 is 6.04. The predicted molar refractivity (Wildman–Crippen MR) is 173 cm³/mol. The van der Waals surface area contributed by atoms with Gasteiger partial charge in [0.2, 0.25) is 0 Å². The maximum Gasteiger partial charge on any atom is 0.253 e. The lowest BCUT2D eigenvalue weighted by Gasteiger charge is -2.31. The Labute approximate surface area is 272 Å². The molecule has 3 heterocycles. The van der Waals surface area contributed by atoms with E-state index in [0.717, 1.165) is 5.56 Å². The van der Waals surface area contributed by atoms with E-state index in [-0.39, 0.29) is 61.0 Å². The molecular formula is C36H28ClF4N3O3. The van der Waals surface area contributed by atoms with Crippen LogP contribution in [0.5, 0.6) is 0 Å². The number of carbonyl (C=O) groups excluding carboxylic acids is 2. The predicted octanol–water partition coefficient (Wildman–Crippen LogP) is 8.76. The van der Waals surface area contributed by atoms with E-state index in [4.69, 9.17) is 21.8 Å². The number of nitrogen functional groups attached to an aromatic ring is 1. The molecule has 3 aromatic carbocycles. The number of furan rings is 1. The number of anilines is 1. The molecule has 2 aromatic heterocycles. The molecule has 1 saturated heterocycles. The summed E-state index contributed by atoms with van der Waals surface area (Å²) in [5.41, 5.74) is 8.68. The van der Waals surface area contributed by atoms with Gasteiger partial charge in [-0.3, -0.25) is 9.59 Å². The van der Waals surface area contributed by atoms with Crippen molar-refractivity contribution in [2.75, 3.05) is 18.8 Å². The van der Waals surface area contributed by atoms with E-state index >= 15 is 4.39 Å². The zero-order valence-corrected chi connectivity index (χ0v) is 25.7. The van der Waals surface area contributed by atoms with Crippen LogP contribution in [0.3, 0.4) is 0 Å². The molecule has 1 aliphatic heterocycles. The maximum absolute atomic E-state index is 15.2. The van der Waals surface area contributed by atoms with Crippen molar-refractivity contribution in [2.24, 2.45) is 0 Å². The number of piperidine rings is 1. The van der Waals surface area contributed by atoms with Crippen LogP contribution in [0.15, 0.2) is 83.4 Å². The van der Waals surface area contributed by atoms with Gasteiger partial charge in [0.15, 0.2) is 5.78 Å². The lowest BCUT2D eigenvalue weighted by atomic mass is 9.95. The number of allylic oxidation sites excluding steroid dienone is 1. The first kappa shape index (κ1) is 32.0. The summed E-state index contributed by atoms with van der Waals surface area (Å²) in [6.07, 6.45) is 4.31. The number of halogens is 5. The highest BCUT2D eigenvalue weighted by molar-refractivity contribution is 6.31. The highest BCUT2D eigenvalue weighted by Gasteiger charge is 2.35. The summed E-state index contributed by atoms with van der Waals surface area (Å²) in [5.74, 6) is -4.13. The van der Waals surface area contributed by atoms with Crippen LogP contribution >= 0.6 is 11.6 Å². The van der Waals surface area contributed by atoms with Gasteiger partial charge in [-0.2, -0.15) is 0 Å². The lowest BCUT2D eigenvalue weighted by Crippen LogP contribution is -2.42. The van der Waals surface area contributed by atoms with Crippen molar-refractivity contribution in [1.82, 2.24) is 9.88 Å². The summed E-state index contributed by atoms with van der Waals surface area (Å²) in [4.78, 5) is 31.0. The van der Waals surface area contributed by atoms with E-state index in [2.05, 4.69) is 4.98 Å². The maximum atomic E-state index is 15.2. The fourth-order valence-electron chi connectivity index (χ4n) is 5.48. The Balaban J connectivity index is 1.29. The normalized spacial score (nSPS) is 14.6. The van der Waals surface area contributed by atoms with Crippen molar-refractivity contribution >= 4 is 46.2 Å². The Morgan fingerprint density at radius 3 is 2.38 bits per heavy atom. The molecule has 0 spiro atoms. The molecule has 0 radical (unpaired) electrons. The zero-order chi connectivity index (χ0) is 33.3. The molecule has 0 atom stereocenters. The summed E-state index contributed by atoms with van der Waals surface area (Å²) < 4.78 is 62.5. The summed E-state index contributed by atoms with van der Waals surface area (Å²) in [7, 11) is 0. The van der Waals surface area contributed by atoms with Crippen molar-refractivity contribution in [3.63, 3.8) is 0 Å². The number of nitrogens with zero attached hydrogens (tertiary/aromatic N) is 2. The summed E-state index contributed by atoms with van der Waals surface area (Å²) in [6, 6.07) is 17.2. The number of benzene rings is 3. The molecule has 1 amide bonds. The monoisotopic (exact) mass is 661 g/mol. The average molecular weight is 662 g/mol. The Morgan fingerprint density at radius 1 is 0.936 bits per heavy atom. The average Bonchev–Trinajstić information content (AvgIpc) is 3.48. The molecule has 1 aliphatic rings. The van der Waals surface area contributed by atoms with Gasteiger partial charge in [0.05, 0.1) is 5.02 Å². The number of alkyl halides is 2. The van der Waals surface area contributed by atoms with Crippen LogP contribution < -0.4 is 5.73 Å². The van der Waals surface area contributed by atoms with Gasteiger partial charge in [0, 0.05) is 73.1 Å². The molecular weight excluding hydrogens is 634 g/mol. The first-order chi connectivity index (χ1) is 22.5. The quantitative estimate of drug-likeness (QED) is 0.102. The number of rotatable bonds is 8. The van der Waals surface area contributed by atoms with Crippen LogP contribution in [0.2, 0.25) is 5.02 Å². The largest absolute Gasteiger partial charge is 0.460 e. The molecule has 0 aliphatic carbocycles. The van der Waals surface area contributed by atoms with Crippen LogP contribution in [0, 0.1) is 11.6 Å².